The van der Waals surface area contributed by atoms with E-state index in [1.165, 1.54) is 22.3 Å². The summed E-state index contributed by atoms with van der Waals surface area (Å²) in [7, 11) is 0. The van der Waals surface area contributed by atoms with E-state index in [1.54, 1.807) is 0 Å². The van der Waals surface area contributed by atoms with Crippen molar-refractivity contribution < 1.29 is 0 Å². The maximum atomic E-state index is 3.56. The molecule has 3 aromatic carbocycles. The van der Waals surface area contributed by atoms with E-state index >= 15 is 0 Å². The fourth-order valence-corrected chi connectivity index (χ4v) is 3.47. The molecular formula is C24H25N3. The minimum absolute atomic E-state index is 0.838. The minimum Gasteiger partial charge on any atom is -0.298 e. The highest BCUT2D eigenvalue weighted by atomic mass is 15.8. The zero-order chi connectivity index (χ0) is 18.3. The summed E-state index contributed by atoms with van der Waals surface area (Å²) in [6, 6.07) is 31.9. The summed E-state index contributed by atoms with van der Waals surface area (Å²) in [6.45, 7) is 2.62. The maximum Gasteiger partial charge on any atom is 0.0601 e. The van der Waals surface area contributed by atoms with Crippen molar-refractivity contribution in [2.75, 3.05) is 6.54 Å². The first-order chi connectivity index (χ1) is 13.3. The second-order valence-electron chi connectivity index (χ2n) is 7.00. The summed E-state index contributed by atoms with van der Waals surface area (Å²) in [6.07, 6.45) is 3.24. The molecule has 1 heterocycles. The third kappa shape index (κ3) is 5.07. The summed E-state index contributed by atoms with van der Waals surface area (Å²) in [5.41, 5.74) is 8.92. The summed E-state index contributed by atoms with van der Waals surface area (Å²) in [4.78, 5) is 0. The van der Waals surface area contributed by atoms with Gasteiger partial charge in [-0.05, 0) is 28.7 Å². The minimum atomic E-state index is 0.838. The highest BCUT2D eigenvalue weighted by Crippen LogP contribution is 2.17. The van der Waals surface area contributed by atoms with E-state index in [9.17, 15) is 0 Å². The predicted octanol–water partition coefficient (Wildman–Crippen LogP) is 4.55. The maximum absolute atomic E-state index is 3.56. The van der Waals surface area contributed by atoms with Crippen molar-refractivity contribution in [3.8, 4) is 0 Å². The molecule has 136 valence electrons. The molecule has 4 rings (SSSR count). The molecule has 27 heavy (non-hydrogen) atoms. The third-order valence-corrected chi connectivity index (χ3v) is 4.69. The van der Waals surface area contributed by atoms with Gasteiger partial charge in [0.25, 0.3) is 0 Å². The molecule has 0 fully saturated rings. The Morgan fingerprint density at radius 3 is 1.74 bits per heavy atom. The molecule has 0 amide bonds. The van der Waals surface area contributed by atoms with Gasteiger partial charge in [-0.15, -0.1) is 0 Å². The largest absolute Gasteiger partial charge is 0.298 e. The molecular weight excluding hydrogens is 330 g/mol. The molecule has 0 saturated carbocycles. The van der Waals surface area contributed by atoms with Gasteiger partial charge in [-0.3, -0.25) is 5.01 Å². The first kappa shape index (κ1) is 17.5. The Kier molecular flexibility index (Phi) is 5.63. The Labute approximate surface area is 161 Å². The average Bonchev–Trinajstić information content (AvgIpc) is 2.70. The molecule has 1 N–H and O–H groups in total. The molecule has 1 aliphatic rings. The van der Waals surface area contributed by atoms with Gasteiger partial charge in [-0.1, -0.05) is 91.0 Å². The van der Waals surface area contributed by atoms with Gasteiger partial charge in [0.05, 0.1) is 6.54 Å². The van der Waals surface area contributed by atoms with E-state index in [4.69, 9.17) is 0 Å². The Balaban J connectivity index is 1.52. The van der Waals surface area contributed by atoms with Crippen LogP contribution in [0, 0.1) is 0 Å². The van der Waals surface area contributed by atoms with Gasteiger partial charge in [0, 0.05) is 19.3 Å². The van der Waals surface area contributed by atoms with Gasteiger partial charge in [0.1, 0.15) is 0 Å². The summed E-state index contributed by atoms with van der Waals surface area (Å²) in [5, 5.41) is 4.48. The molecule has 1 aliphatic heterocycles. The fourth-order valence-electron chi connectivity index (χ4n) is 3.47. The van der Waals surface area contributed by atoms with Crippen molar-refractivity contribution in [2.24, 2.45) is 0 Å². The molecule has 0 aliphatic carbocycles. The van der Waals surface area contributed by atoms with Gasteiger partial charge in [0.15, 0.2) is 0 Å². The number of nitrogens with zero attached hydrogens (tertiary/aromatic N) is 2. The Morgan fingerprint density at radius 1 is 0.630 bits per heavy atom. The van der Waals surface area contributed by atoms with Crippen molar-refractivity contribution in [3.63, 3.8) is 0 Å². The zero-order valence-corrected chi connectivity index (χ0v) is 15.5. The SMILES string of the molecule is C1=C(Cc2ccccc2)CN(Cc2ccccc2)NN1Cc1ccccc1. The van der Waals surface area contributed by atoms with Crippen molar-refractivity contribution in [1.29, 1.82) is 0 Å². The summed E-state index contributed by atoms with van der Waals surface area (Å²) >= 11 is 0. The molecule has 0 atom stereocenters. The van der Waals surface area contributed by atoms with Crippen LogP contribution in [-0.4, -0.2) is 16.6 Å². The average molecular weight is 355 g/mol. The van der Waals surface area contributed by atoms with Crippen LogP contribution < -0.4 is 5.53 Å². The van der Waals surface area contributed by atoms with Crippen LogP contribution in [0.2, 0.25) is 0 Å². The lowest BCUT2D eigenvalue weighted by molar-refractivity contribution is 0.0368. The number of hydrazine groups is 2. The van der Waals surface area contributed by atoms with Crippen molar-refractivity contribution in [2.45, 2.75) is 19.5 Å². The van der Waals surface area contributed by atoms with E-state index in [0.29, 0.717) is 0 Å². The molecule has 3 nitrogen and oxygen atoms in total. The lowest BCUT2D eigenvalue weighted by Crippen LogP contribution is -2.51. The number of hydrogen-bond donors (Lipinski definition) is 1. The smallest absolute Gasteiger partial charge is 0.0601 e. The van der Waals surface area contributed by atoms with E-state index in [1.807, 2.05) is 0 Å². The van der Waals surface area contributed by atoms with E-state index in [0.717, 1.165) is 26.1 Å². The summed E-state index contributed by atoms with van der Waals surface area (Å²) < 4.78 is 0. The van der Waals surface area contributed by atoms with E-state index in [2.05, 4.69) is 113 Å². The van der Waals surface area contributed by atoms with Gasteiger partial charge in [0.2, 0.25) is 0 Å². The number of rotatable bonds is 6. The second kappa shape index (κ2) is 8.67. The highest BCUT2D eigenvalue weighted by Gasteiger charge is 2.18. The second-order valence-corrected chi connectivity index (χ2v) is 7.00. The molecule has 0 aromatic heterocycles. The molecule has 3 heteroatoms. The normalized spacial score (nSPS) is 14.8. The van der Waals surface area contributed by atoms with Crippen LogP contribution in [0.4, 0.5) is 0 Å². The molecule has 0 spiro atoms. The first-order valence-corrected chi connectivity index (χ1v) is 9.44. The van der Waals surface area contributed by atoms with Crippen molar-refractivity contribution >= 4 is 0 Å². The molecule has 3 aromatic rings. The van der Waals surface area contributed by atoms with Gasteiger partial charge in [-0.25, -0.2) is 5.01 Å². The molecule has 0 saturated heterocycles. The lowest BCUT2D eigenvalue weighted by atomic mass is 10.0. The van der Waals surface area contributed by atoms with E-state index in [-0.39, 0.29) is 0 Å². The quantitative estimate of drug-likeness (QED) is 0.700. The lowest BCUT2D eigenvalue weighted by Gasteiger charge is -2.36. The molecule has 0 bridgehead atoms. The number of nitrogens with one attached hydrogen (secondary N) is 1. The summed E-state index contributed by atoms with van der Waals surface area (Å²) in [5.74, 6) is 0. The Hall–Kier alpha value is -2.88. The van der Waals surface area contributed by atoms with Crippen LogP contribution in [0.3, 0.4) is 0 Å². The number of benzene rings is 3. The van der Waals surface area contributed by atoms with E-state index < -0.39 is 0 Å². The topological polar surface area (TPSA) is 18.5 Å². The van der Waals surface area contributed by atoms with Crippen LogP contribution in [-0.2, 0) is 19.5 Å². The van der Waals surface area contributed by atoms with Crippen LogP contribution >= 0.6 is 0 Å². The van der Waals surface area contributed by atoms with Crippen molar-refractivity contribution in [1.82, 2.24) is 15.6 Å². The molecule has 0 radical (unpaired) electrons. The monoisotopic (exact) mass is 355 g/mol. The van der Waals surface area contributed by atoms with Crippen molar-refractivity contribution in [3.05, 3.63) is 119 Å². The van der Waals surface area contributed by atoms with Gasteiger partial charge >= 0.3 is 0 Å². The van der Waals surface area contributed by atoms with Gasteiger partial charge in [-0.2, -0.15) is 5.53 Å². The Morgan fingerprint density at radius 2 is 1.15 bits per heavy atom. The van der Waals surface area contributed by atoms with Gasteiger partial charge < -0.3 is 0 Å². The standard InChI is InChI=1S/C24H25N3/c1-4-10-21(11-5-1)16-24-19-26(17-22-12-6-2-7-13-22)25-27(20-24)18-23-14-8-3-9-15-23/h1-15,19,25H,16-18,20H2. The predicted molar refractivity (Wildman–Crippen MR) is 110 cm³/mol. The highest BCUT2D eigenvalue weighted by molar-refractivity contribution is 5.24. The molecule has 0 unspecified atom stereocenters. The zero-order valence-electron chi connectivity index (χ0n) is 15.5. The first-order valence-electron chi connectivity index (χ1n) is 9.44. The fraction of sp³-hybridized carbons (Fsp3) is 0.167. The van der Waals surface area contributed by atoms with Crippen LogP contribution in [0.5, 0.6) is 0 Å². The third-order valence-electron chi connectivity index (χ3n) is 4.69. The number of hydrogen-bond acceptors (Lipinski definition) is 3. The van der Waals surface area contributed by atoms with Crippen LogP contribution in [0.1, 0.15) is 16.7 Å². The van der Waals surface area contributed by atoms with Crippen LogP contribution in [0.15, 0.2) is 103 Å². The van der Waals surface area contributed by atoms with Crippen LogP contribution in [0.25, 0.3) is 0 Å². The Bertz CT molecular complexity index is 860.